The highest BCUT2D eigenvalue weighted by molar-refractivity contribution is 5.95. The summed E-state index contributed by atoms with van der Waals surface area (Å²) in [5.74, 6) is 0.954. The molecule has 1 atom stereocenters. The average molecular weight is 461 g/mol. The number of nitrogens with one attached hydrogen (secondary N) is 1. The van der Waals surface area contributed by atoms with Crippen molar-refractivity contribution in [3.63, 3.8) is 0 Å². The summed E-state index contributed by atoms with van der Waals surface area (Å²) in [6.45, 7) is 7.98. The predicted octanol–water partition coefficient (Wildman–Crippen LogP) is 5.07. The number of benzene rings is 2. The molecule has 34 heavy (non-hydrogen) atoms. The number of aryl methyl sites for hydroxylation is 4. The van der Waals surface area contributed by atoms with Gasteiger partial charge in [-0.15, -0.1) is 0 Å². The molecule has 2 aromatic carbocycles. The second-order valence-electron chi connectivity index (χ2n) is 8.62. The van der Waals surface area contributed by atoms with Crippen LogP contribution in [-0.2, 0) is 11.8 Å². The molecule has 0 bridgehead atoms. The quantitative estimate of drug-likeness (QED) is 0.417. The van der Waals surface area contributed by atoms with Crippen molar-refractivity contribution in [3.8, 4) is 22.9 Å². The summed E-state index contributed by atoms with van der Waals surface area (Å²) in [4.78, 5) is 17.1. The Hall–Kier alpha value is -3.87. The van der Waals surface area contributed by atoms with Crippen LogP contribution in [0.15, 0.2) is 48.5 Å². The van der Waals surface area contributed by atoms with Crippen LogP contribution in [0.5, 0.6) is 11.6 Å². The minimum absolute atomic E-state index is 0. The van der Waals surface area contributed by atoms with Crippen molar-refractivity contribution >= 4 is 16.9 Å². The standard InChI is InChI=1S/C27H30N4O3.H2/c1-16-7-8-17(2)22(13-16)26-25-18(3)14-24(29-27(25)31(5)30-26)34-15-23(32)28-19(4)20-9-11-21(33-6)12-10-20;/h7-14,19H,15H2,1-6H3,(H,28,32);1H/t19-;/m0./s1. The van der Waals surface area contributed by atoms with Crippen LogP contribution in [0.1, 0.15) is 36.6 Å². The van der Waals surface area contributed by atoms with Gasteiger partial charge in [0.2, 0.25) is 5.88 Å². The molecular formula is C27H32N4O3. The largest absolute Gasteiger partial charge is 0.497 e. The smallest absolute Gasteiger partial charge is 0.258 e. The fraction of sp³-hybridized carbons (Fsp3) is 0.296. The molecule has 0 radical (unpaired) electrons. The van der Waals surface area contributed by atoms with E-state index < -0.39 is 0 Å². The number of methoxy groups -OCH3 is 1. The van der Waals surface area contributed by atoms with Crippen LogP contribution < -0.4 is 14.8 Å². The highest BCUT2D eigenvalue weighted by atomic mass is 16.5. The van der Waals surface area contributed by atoms with Gasteiger partial charge >= 0.3 is 0 Å². The number of carbonyl (C=O) groups excluding carboxylic acids is 1. The number of carbonyl (C=O) groups is 1. The number of fused-ring (bicyclic) bond motifs is 1. The van der Waals surface area contributed by atoms with E-state index in [1.165, 1.54) is 5.56 Å². The summed E-state index contributed by atoms with van der Waals surface area (Å²) in [6.07, 6.45) is 0. The molecule has 178 valence electrons. The van der Waals surface area contributed by atoms with Crippen LogP contribution in [0.2, 0.25) is 0 Å². The number of nitrogens with zero attached hydrogens (tertiary/aromatic N) is 3. The van der Waals surface area contributed by atoms with Crippen LogP contribution in [0.3, 0.4) is 0 Å². The first-order chi connectivity index (χ1) is 16.3. The van der Waals surface area contributed by atoms with Crippen LogP contribution in [0.4, 0.5) is 0 Å². The van der Waals surface area contributed by atoms with Gasteiger partial charge in [-0.25, -0.2) is 4.68 Å². The van der Waals surface area contributed by atoms with Crippen molar-refractivity contribution in [2.75, 3.05) is 13.7 Å². The highest BCUT2D eigenvalue weighted by Crippen LogP contribution is 2.33. The number of ether oxygens (including phenoxy) is 2. The monoisotopic (exact) mass is 460 g/mol. The number of hydrogen-bond donors (Lipinski definition) is 1. The zero-order valence-corrected chi connectivity index (χ0v) is 20.5. The summed E-state index contributed by atoms with van der Waals surface area (Å²) in [6, 6.07) is 15.7. The van der Waals surface area contributed by atoms with Gasteiger partial charge in [0, 0.05) is 20.1 Å². The van der Waals surface area contributed by atoms with Gasteiger partial charge in [-0.05, 0) is 62.6 Å². The van der Waals surface area contributed by atoms with Crippen molar-refractivity contribution in [2.45, 2.75) is 33.7 Å². The maximum Gasteiger partial charge on any atom is 0.258 e. The number of pyridine rings is 1. The van der Waals surface area contributed by atoms with E-state index in [9.17, 15) is 4.79 Å². The average Bonchev–Trinajstić information content (AvgIpc) is 3.16. The fourth-order valence-electron chi connectivity index (χ4n) is 4.05. The molecule has 0 spiro atoms. The summed E-state index contributed by atoms with van der Waals surface area (Å²) >= 11 is 0. The van der Waals surface area contributed by atoms with Gasteiger partial charge in [0.1, 0.15) is 11.4 Å². The van der Waals surface area contributed by atoms with Gasteiger partial charge in [0.25, 0.3) is 5.91 Å². The van der Waals surface area contributed by atoms with Crippen molar-refractivity contribution in [2.24, 2.45) is 7.05 Å². The van der Waals surface area contributed by atoms with Crippen molar-refractivity contribution in [1.82, 2.24) is 20.1 Å². The summed E-state index contributed by atoms with van der Waals surface area (Å²) in [5, 5.41) is 8.70. The first-order valence-corrected chi connectivity index (χ1v) is 11.2. The third kappa shape index (κ3) is 4.73. The van der Waals surface area contributed by atoms with Gasteiger partial charge in [-0.2, -0.15) is 10.1 Å². The third-order valence-electron chi connectivity index (χ3n) is 5.96. The zero-order valence-electron chi connectivity index (χ0n) is 20.5. The lowest BCUT2D eigenvalue weighted by atomic mass is 9.99. The topological polar surface area (TPSA) is 78.3 Å². The molecule has 4 rings (SSSR count). The highest BCUT2D eigenvalue weighted by Gasteiger charge is 2.18. The lowest BCUT2D eigenvalue weighted by molar-refractivity contribution is -0.123. The SMILES string of the molecule is COc1ccc([C@H](C)NC(=O)COc2cc(C)c3c(-c4cc(C)ccc4C)nn(C)c3n2)cc1.[HH]. The third-order valence-corrected chi connectivity index (χ3v) is 5.96. The molecule has 2 aromatic heterocycles. The summed E-state index contributed by atoms with van der Waals surface area (Å²) in [5.41, 5.74) is 7.04. The molecule has 0 aliphatic rings. The Bertz CT molecular complexity index is 1350. The fourth-order valence-corrected chi connectivity index (χ4v) is 4.05. The molecule has 1 amide bonds. The second kappa shape index (κ2) is 9.55. The van der Waals surface area contributed by atoms with Gasteiger partial charge in [-0.1, -0.05) is 29.8 Å². The minimum Gasteiger partial charge on any atom is -0.497 e. The van der Waals surface area contributed by atoms with E-state index in [1.54, 1.807) is 11.8 Å². The molecule has 7 heteroatoms. The first-order valence-electron chi connectivity index (χ1n) is 11.2. The Morgan fingerprint density at radius 3 is 2.53 bits per heavy atom. The Kier molecular flexibility index (Phi) is 6.54. The number of aromatic nitrogens is 3. The molecule has 0 aliphatic heterocycles. The van der Waals surface area contributed by atoms with E-state index >= 15 is 0 Å². The van der Waals surface area contributed by atoms with Crippen molar-refractivity contribution < 1.29 is 15.7 Å². The minimum atomic E-state index is -0.219. The second-order valence-corrected chi connectivity index (χ2v) is 8.62. The predicted molar refractivity (Wildman–Crippen MR) is 135 cm³/mol. The first kappa shape index (κ1) is 23.3. The van der Waals surface area contributed by atoms with Crippen LogP contribution in [0.25, 0.3) is 22.3 Å². The van der Waals surface area contributed by atoms with Crippen LogP contribution >= 0.6 is 0 Å². The maximum atomic E-state index is 12.5. The molecule has 0 aliphatic carbocycles. The van der Waals surface area contributed by atoms with Gasteiger partial charge in [0.15, 0.2) is 12.3 Å². The molecule has 1 N–H and O–H groups in total. The lowest BCUT2D eigenvalue weighted by Crippen LogP contribution is -2.31. The molecule has 7 nitrogen and oxygen atoms in total. The van der Waals surface area contributed by atoms with E-state index in [-0.39, 0.29) is 20.0 Å². The van der Waals surface area contributed by atoms with Gasteiger partial charge < -0.3 is 14.8 Å². The molecule has 2 heterocycles. The molecule has 0 saturated carbocycles. The maximum absolute atomic E-state index is 12.5. The molecule has 0 fully saturated rings. The van der Waals surface area contributed by atoms with Crippen molar-refractivity contribution in [1.29, 1.82) is 0 Å². The van der Waals surface area contributed by atoms with E-state index in [0.717, 1.165) is 44.7 Å². The summed E-state index contributed by atoms with van der Waals surface area (Å²) < 4.78 is 12.7. The van der Waals surface area contributed by atoms with Crippen molar-refractivity contribution in [3.05, 3.63) is 70.8 Å². The molecule has 0 unspecified atom stereocenters. The Labute approximate surface area is 201 Å². The molecule has 0 saturated heterocycles. The van der Waals surface area contributed by atoms with Gasteiger partial charge in [0.05, 0.1) is 18.5 Å². The van der Waals surface area contributed by atoms with E-state index in [1.807, 2.05) is 51.2 Å². The summed E-state index contributed by atoms with van der Waals surface area (Å²) in [7, 11) is 3.50. The Balaban J connectivity index is 0.00000342. The number of rotatable bonds is 7. The molecular weight excluding hydrogens is 428 g/mol. The van der Waals surface area contributed by atoms with E-state index in [4.69, 9.17) is 14.6 Å². The van der Waals surface area contributed by atoms with E-state index in [0.29, 0.717) is 5.88 Å². The zero-order chi connectivity index (χ0) is 24.4. The Morgan fingerprint density at radius 2 is 1.82 bits per heavy atom. The van der Waals surface area contributed by atoms with E-state index in [2.05, 4.69) is 42.3 Å². The Morgan fingerprint density at radius 1 is 1.09 bits per heavy atom. The lowest BCUT2D eigenvalue weighted by Gasteiger charge is -2.15. The number of amides is 1. The van der Waals surface area contributed by atoms with Crippen LogP contribution in [-0.4, -0.2) is 34.4 Å². The van der Waals surface area contributed by atoms with Crippen LogP contribution in [0, 0.1) is 20.8 Å². The van der Waals surface area contributed by atoms with Gasteiger partial charge in [-0.3, -0.25) is 4.79 Å². The molecule has 4 aromatic rings. The normalized spacial score (nSPS) is 11.9. The number of hydrogen-bond acceptors (Lipinski definition) is 5.